The predicted octanol–water partition coefficient (Wildman–Crippen LogP) is 1.39. The number of halogens is 2. The van der Waals surface area contributed by atoms with Crippen molar-refractivity contribution in [3.63, 3.8) is 0 Å². The highest BCUT2D eigenvalue weighted by Gasteiger charge is 2.09. The number of morpholine rings is 1. The highest BCUT2D eigenvalue weighted by molar-refractivity contribution is 5.18. The zero-order chi connectivity index (χ0) is 12.8. The van der Waals surface area contributed by atoms with Gasteiger partial charge in [-0.05, 0) is 18.2 Å². The minimum atomic E-state index is -0.402. The van der Waals surface area contributed by atoms with Crippen molar-refractivity contribution in [3.8, 4) is 0 Å². The van der Waals surface area contributed by atoms with Crippen LogP contribution in [0.2, 0.25) is 0 Å². The van der Waals surface area contributed by atoms with Crippen LogP contribution in [0.4, 0.5) is 8.78 Å². The van der Waals surface area contributed by atoms with Crippen molar-refractivity contribution in [3.05, 3.63) is 35.4 Å². The van der Waals surface area contributed by atoms with E-state index < -0.39 is 5.82 Å². The highest BCUT2D eigenvalue weighted by Crippen LogP contribution is 2.09. The van der Waals surface area contributed by atoms with Crippen LogP contribution >= 0.6 is 0 Å². The number of hydrogen-bond donors (Lipinski definition) is 1. The molecular formula is C13H18F2N2O. The molecule has 0 spiro atoms. The van der Waals surface area contributed by atoms with Crippen molar-refractivity contribution >= 4 is 0 Å². The van der Waals surface area contributed by atoms with Crippen molar-refractivity contribution in [2.45, 2.75) is 6.54 Å². The monoisotopic (exact) mass is 256 g/mol. The van der Waals surface area contributed by atoms with Gasteiger partial charge in [-0.2, -0.15) is 0 Å². The van der Waals surface area contributed by atoms with Crippen LogP contribution in [-0.4, -0.2) is 44.3 Å². The van der Waals surface area contributed by atoms with Crippen LogP contribution < -0.4 is 5.32 Å². The molecule has 1 aliphatic rings. The van der Waals surface area contributed by atoms with Crippen LogP contribution in [-0.2, 0) is 11.3 Å². The van der Waals surface area contributed by atoms with Gasteiger partial charge in [0.1, 0.15) is 11.6 Å². The van der Waals surface area contributed by atoms with Gasteiger partial charge in [-0.3, -0.25) is 4.90 Å². The Morgan fingerprint density at radius 2 is 2.00 bits per heavy atom. The molecule has 1 N–H and O–H groups in total. The summed E-state index contributed by atoms with van der Waals surface area (Å²) in [6, 6.07) is 3.53. The van der Waals surface area contributed by atoms with Crippen molar-refractivity contribution < 1.29 is 13.5 Å². The standard InChI is InChI=1S/C13H18F2N2O/c14-12-1-2-13(15)11(9-12)10-16-3-4-17-5-7-18-8-6-17/h1-2,9,16H,3-8,10H2. The molecule has 1 saturated heterocycles. The molecule has 3 nitrogen and oxygen atoms in total. The normalized spacial score (nSPS) is 17.0. The molecule has 1 fully saturated rings. The van der Waals surface area contributed by atoms with Crippen molar-refractivity contribution in [2.75, 3.05) is 39.4 Å². The number of nitrogens with zero attached hydrogens (tertiary/aromatic N) is 1. The molecule has 0 saturated carbocycles. The summed E-state index contributed by atoms with van der Waals surface area (Å²) in [5, 5.41) is 3.13. The summed E-state index contributed by atoms with van der Waals surface area (Å²) in [5.41, 5.74) is 0.372. The molecule has 0 unspecified atom stereocenters. The third-order valence-corrected chi connectivity index (χ3v) is 3.03. The van der Waals surface area contributed by atoms with Gasteiger partial charge in [0.05, 0.1) is 13.2 Å². The number of rotatable bonds is 5. The smallest absolute Gasteiger partial charge is 0.127 e. The molecule has 5 heteroatoms. The lowest BCUT2D eigenvalue weighted by Gasteiger charge is -2.26. The Labute approximate surface area is 106 Å². The first kappa shape index (κ1) is 13.4. The third-order valence-electron chi connectivity index (χ3n) is 3.03. The average molecular weight is 256 g/mol. The molecule has 1 aromatic carbocycles. The summed E-state index contributed by atoms with van der Waals surface area (Å²) >= 11 is 0. The third kappa shape index (κ3) is 4.01. The van der Waals surface area contributed by atoms with Gasteiger partial charge in [0.25, 0.3) is 0 Å². The van der Waals surface area contributed by atoms with Crippen LogP contribution in [0, 0.1) is 11.6 Å². The zero-order valence-electron chi connectivity index (χ0n) is 10.3. The van der Waals surface area contributed by atoms with Gasteiger partial charge in [0.2, 0.25) is 0 Å². The molecule has 18 heavy (non-hydrogen) atoms. The average Bonchev–Trinajstić information content (AvgIpc) is 2.40. The van der Waals surface area contributed by atoms with E-state index in [0.717, 1.165) is 51.5 Å². The quantitative estimate of drug-likeness (QED) is 0.806. The first-order valence-electron chi connectivity index (χ1n) is 6.20. The molecule has 100 valence electrons. The minimum absolute atomic E-state index is 0.355. The topological polar surface area (TPSA) is 24.5 Å². The van der Waals surface area contributed by atoms with Gasteiger partial charge in [0.15, 0.2) is 0 Å². The van der Waals surface area contributed by atoms with Crippen molar-refractivity contribution in [1.29, 1.82) is 0 Å². The van der Waals surface area contributed by atoms with E-state index in [9.17, 15) is 8.78 Å². The van der Waals surface area contributed by atoms with Gasteiger partial charge in [0, 0.05) is 38.3 Å². The second-order valence-electron chi connectivity index (χ2n) is 4.37. The maximum Gasteiger partial charge on any atom is 0.127 e. The maximum atomic E-state index is 13.3. The Kier molecular flexibility index (Phi) is 5.04. The Bertz CT molecular complexity index is 381. The van der Waals surface area contributed by atoms with Gasteiger partial charge in [-0.25, -0.2) is 8.78 Å². The number of hydrogen-bond acceptors (Lipinski definition) is 3. The minimum Gasteiger partial charge on any atom is -0.379 e. The summed E-state index contributed by atoms with van der Waals surface area (Å²) in [5.74, 6) is -0.767. The Hall–Kier alpha value is -1.04. The second kappa shape index (κ2) is 6.78. The van der Waals surface area contributed by atoms with Gasteiger partial charge < -0.3 is 10.1 Å². The van der Waals surface area contributed by atoms with Gasteiger partial charge in [-0.1, -0.05) is 0 Å². The molecule has 1 aliphatic heterocycles. The summed E-state index contributed by atoms with van der Waals surface area (Å²) in [6.45, 7) is 5.45. The molecular weight excluding hydrogens is 238 g/mol. The van der Waals surface area contributed by atoms with Gasteiger partial charge >= 0.3 is 0 Å². The Morgan fingerprint density at radius 1 is 1.22 bits per heavy atom. The van der Waals surface area contributed by atoms with Crippen LogP contribution in [0.5, 0.6) is 0 Å². The number of ether oxygens (including phenoxy) is 1. The maximum absolute atomic E-state index is 13.3. The fourth-order valence-corrected chi connectivity index (χ4v) is 1.96. The first-order chi connectivity index (χ1) is 8.75. The molecule has 0 amide bonds. The molecule has 1 heterocycles. The highest BCUT2D eigenvalue weighted by atomic mass is 19.1. The van der Waals surface area contributed by atoms with E-state index in [-0.39, 0.29) is 5.82 Å². The van der Waals surface area contributed by atoms with Crippen LogP contribution in [0.1, 0.15) is 5.56 Å². The zero-order valence-corrected chi connectivity index (χ0v) is 10.3. The summed E-state index contributed by atoms with van der Waals surface area (Å²) in [6.07, 6.45) is 0. The van der Waals surface area contributed by atoms with E-state index in [1.807, 2.05) is 0 Å². The molecule has 1 aromatic rings. The molecule has 0 radical (unpaired) electrons. The Balaban J connectivity index is 1.69. The van der Waals surface area contributed by atoms with Crippen molar-refractivity contribution in [2.24, 2.45) is 0 Å². The lowest BCUT2D eigenvalue weighted by molar-refractivity contribution is 0.0384. The largest absolute Gasteiger partial charge is 0.379 e. The van der Waals surface area contributed by atoms with E-state index in [0.29, 0.717) is 12.1 Å². The van der Waals surface area contributed by atoms with E-state index in [2.05, 4.69) is 10.2 Å². The number of nitrogens with one attached hydrogen (secondary N) is 1. The lowest BCUT2D eigenvalue weighted by Crippen LogP contribution is -2.40. The second-order valence-corrected chi connectivity index (χ2v) is 4.37. The molecule has 0 aromatic heterocycles. The van der Waals surface area contributed by atoms with Crippen molar-refractivity contribution in [1.82, 2.24) is 10.2 Å². The molecule has 2 rings (SSSR count). The SMILES string of the molecule is Fc1ccc(F)c(CNCCN2CCOCC2)c1. The molecule has 0 bridgehead atoms. The summed E-state index contributed by atoms with van der Waals surface area (Å²) < 4.78 is 31.5. The lowest BCUT2D eigenvalue weighted by atomic mass is 10.2. The first-order valence-corrected chi connectivity index (χ1v) is 6.20. The summed E-state index contributed by atoms with van der Waals surface area (Å²) in [7, 11) is 0. The van der Waals surface area contributed by atoms with E-state index in [1.165, 1.54) is 6.07 Å². The van der Waals surface area contributed by atoms with Crippen LogP contribution in [0.3, 0.4) is 0 Å². The fourth-order valence-electron chi connectivity index (χ4n) is 1.96. The van der Waals surface area contributed by atoms with Crippen LogP contribution in [0.15, 0.2) is 18.2 Å². The Morgan fingerprint density at radius 3 is 2.78 bits per heavy atom. The van der Waals surface area contributed by atoms with E-state index in [1.54, 1.807) is 0 Å². The van der Waals surface area contributed by atoms with Crippen LogP contribution in [0.25, 0.3) is 0 Å². The van der Waals surface area contributed by atoms with E-state index >= 15 is 0 Å². The number of benzene rings is 1. The molecule has 0 aliphatic carbocycles. The predicted molar refractivity (Wildman–Crippen MR) is 65.3 cm³/mol. The van der Waals surface area contributed by atoms with Gasteiger partial charge in [-0.15, -0.1) is 0 Å². The molecule has 0 atom stereocenters. The summed E-state index contributed by atoms with van der Waals surface area (Å²) in [4.78, 5) is 2.29. The van der Waals surface area contributed by atoms with E-state index in [4.69, 9.17) is 4.74 Å². The fraction of sp³-hybridized carbons (Fsp3) is 0.538.